The number of hydrogen-bond donors (Lipinski definition) is 0. The molecule has 0 unspecified atom stereocenters. The topological polar surface area (TPSA) is 80.5 Å². The number of benzene rings is 2. The number of sulfonamides is 1. The Morgan fingerprint density at radius 2 is 1.79 bits per heavy atom. The number of para-hydroxylation sites is 1. The molecule has 0 aliphatic heterocycles. The summed E-state index contributed by atoms with van der Waals surface area (Å²) in [5.41, 5.74) is 1.32. The molecule has 24 heavy (non-hydrogen) atoms. The third kappa shape index (κ3) is 3.79. The number of nitro benzene ring substituents is 1. The van der Waals surface area contributed by atoms with Crippen LogP contribution in [0.1, 0.15) is 11.1 Å². The summed E-state index contributed by atoms with van der Waals surface area (Å²) in [6.45, 7) is 1.79. The summed E-state index contributed by atoms with van der Waals surface area (Å²) in [5, 5.41) is 11.1. The first kappa shape index (κ1) is 17.7. The highest BCUT2D eigenvalue weighted by Crippen LogP contribution is 2.27. The summed E-state index contributed by atoms with van der Waals surface area (Å²) >= 11 is 0. The van der Waals surface area contributed by atoms with E-state index in [4.69, 9.17) is 6.42 Å². The highest BCUT2D eigenvalue weighted by atomic mass is 32.2. The van der Waals surface area contributed by atoms with Gasteiger partial charge in [0.2, 0.25) is 0 Å². The van der Waals surface area contributed by atoms with Crippen LogP contribution in [0.4, 0.5) is 5.69 Å². The van der Waals surface area contributed by atoms with Crippen LogP contribution in [0.25, 0.3) is 0 Å². The second kappa shape index (κ2) is 7.25. The fourth-order valence-corrected chi connectivity index (χ4v) is 3.69. The van der Waals surface area contributed by atoms with Crippen molar-refractivity contribution in [3.8, 4) is 12.3 Å². The molecule has 0 saturated heterocycles. The lowest BCUT2D eigenvalue weighted by Crippen LogP contribution is -2.31. The van der Waals surface area contributed by atoms with Gasteiger partial charge in [-0.15, -0.1) is 6.42 Å². The van der Waals surface area contributed by atoms with E-state index in [1.807, 2.05) is 19.1 Å². The Bertz CT molecular complexity index is 884. The van der Waals surface area contributed by atoms with Gasteiger partial charge in [0, 0.05) is 12.6 Å². The predicted octanol–water partition coefficient (Wildman–Crippen LogP) is 2.73. The van der Waals surface area contributed by atoms with Crippen LogP contribution < -0.4 is 0 Å². The lowest BCUT2D eigenvalue weighted by atomic mass is 10.1. The van der Waals surface area contributed by atoms with Gasteiger partial charge in [0.25, 0.3) is 15.7 Å². The number of nitrogens with zero attached hydrogens (tertiary/aromatic N) is 2. The van der Waals surface area contributed by atoms with E-state index in [9.17, 15) is 18.5 Å². The molecule has 2 aromatic rings. The quantitative estimate of drug-likeness (QED) is 0.458. The average Bonchev–Trinajstić information content (AvgIpc) is 2.56. The molecular formula is C17H16N2O4S. The van der Waals surface area contributed by atoms with Crippen molar-refractivity contribution in [1.82, 2.24) is 4.31 Å². The second-order valence-electron chi connectivity index (χ2n) is 5.19. The molecule has 0 aromatic heterocycles. The molecule has 0 amide bonds. The van der Waals surface area contributed by atoms with Gasteiger partial charge in [0.05, 0.1) is 11.5 Å². The summed E-state index contributed by atoms with van der Waals surface area (Å²) in [6, 6.07) is 12.6. The first-order chi connectivity index (χ1) is 11.4. The molecule has 0 atom stereocenters. The van der Waals surface area contributed by atoms with Crippen LogP contribution in [0.2, 0.25) is 0 Å². The maximum Gasteiger partial charge on any atom is 0.289 e. The van der Waals surface area contributed by atoms with E-state index in [-0.39, 0.29) is 18.0 Å². The molecule has 2 rings (SSSR count). The zero-order valence-corrected chi connectivity index (χ0v) is 13.9. The lowest BCUT2D eigenvalue weighted by Gasteiger charge is -2.20. The van der Waals surface area contributed by atoms with Gasteiger partial charge in [0.1, 0.15) is 0 Å². The lowest BCUT2D eigenvalue weighted by molar-refractivity contribution is -0.387. The third-order valence-corrected chi connectivity index (χ3v) is 5.27. The number of rotatable bonds is 6. The van der Waals surface area contributed by atoms with Gasteiger partial charge in [-0.3, -0.25) is 10.1 Å². The highest BCUT2D eigenvalue weighted by Gasteiger charge is 2.30. The highest BCUT2D eigenvalue weighted by molar-refractivity contribution is 7.89. The Labute approximate surface area is 140 Å². The molecule has 2 aromatic carbocycles. The Balaban J connectivity index is 2.44. The van der Waals surface area contributed by atoms with Crippen molar-refractivity contribution in [2.24, 2.45) is 0 Å². The molecule has 0 heterocycles. The van der Waals surface area contributed by atoms with Crippen molar-refractivity contribution in [2.75, 3.05) is 6.54 Å². The molecule has 0 N–H and O–H groups in total. The van der Waals surface area contributed by atoms with Crippen LogP contribution in [0.3, 0.4) is 0 Å². The van der Waals surface area contributed by atoms with Gasteiger partial charge in [-0.25, -0.2) is 8.42 Å². The largest absolute Gasteiger partial charge is 0.289 e. The maximum atomic E-state index is 12.8. The van der Waals surface area contributed by atoms with Gasteiger partial charge in [-0.1, -0.05) is 47.9 Å². The molecule has 0 fully saturated rings. The van der Waals surface area contributed by atoms with E-state index in [1.54, 1.807) is 12.1 Å². The van der Waals surface area contributed by atoms with Gasteiger partial charge >= 0.3 is 0 Å². The van der Waals surface area contributed by atoms with Crippen molar-refractivity contribution in [2.45, 2.75) is 18.4 Å². The van der Waals surface area contributed by atoms with Crippen LogP contribution in [-0.2, 0) is 16.6 Å². The molecule has 124 valence electrons. The predicted molar refractivity (Wildman–Crippen MR) is 90.7 cm³/mol. The van der Waals surface area contributed by atoms with Crippen molar-refractivity contribution in [3.63, 3.8) is 0 Å². The van der Waals surface area contributed by atoms with Gasteiger partial charge in [0.15, 0.2) is 4.90 Å². The molecular weight excluding hydrogens is 328 g/mol. The Morgan fingerprint density at radius 1 is 1.17 bits per heavy atom. The SMILES string of the molecule is C#CCN(Cc1ccc(C)cc1)S(=O)(=O)c1ccccc1[N+](=O)[O-]. The maximum absolute atomic E-state index is 12.8. The summed E-state index contributed by atoms with van der Waals surface area (Å²) in [5.74, 6) is 2.30. The zero-order chi connectivity index (χ0) is 17.7. The van der Waals surface area contributed by atoms with E-state index in [1.165, 1.54) is 18.2 Å². The number of nitro groups is 1. The number of hydrogen-bond acceptors (Lipinski definition) is 4. The van der Waals surface area contributed by atoms with Crippen molar-refractivity contribution >= 4 is 15.7 Å². The molecule has 0 radical (unpaired) electrons. The summed E-state index contributed by atoms with van der Waals surface area (Å²) in [4.78, 5) is 10.0. The Morgan fingerprint density at radius 3 is 2.38 bits per heavy atom. The fraction of sp³-hybridized carbons (Fsp3) is 0.176. The van der Waals surface area contributed by atoms with Crippen molar-refractivity contribution < 1.29 is 13.3 Å². The van der Waals surface area contributed by atoms with E-state index in [0.717, 1.165) is 21.5 Å². The second-order valence-corrected chi connectivity index (χ2v) is 7.09. The van der Waals surface area contributed by atoms with Gasteiger partial charge in [-0.05, 0) is 18.6 Å². The summed E-state index contributed by atoms with van der Waals surface area (Å²) in [6.07, 6.45) is 5.29. The van der Waals surface area contributed by atoms with E-state index in [2.05, 4.69) is 5.92 Å². The van der Waals surface area contributed by atoms with Gasteiger partial charge < -0.3 is 0 Å². The monoisotopic (exact) mass is 344 g/mol. The van der Waals surface area contributed by atoms with Crippen LogP contribution in [-0.4, -0.2) is 24.2 Å². The molecule has 7 heteroatoms. The van der Waals surface area contributed by atoms with Crippen LogP contribution in [0, 0.1) is 29.4 Å². The summed E-state index contributed by atoms with van der Waals surface area (Å²) in [7, 11) is -4.10. The minimum Gasteiger partial charge on any atom is -0.258 e. The summed E-state index contributed by atoms with van der Waals surface area (Å²) < 4.78 is 26.7. The Kier molecular flexibility index (Phi) is 5.34. The molecule has 6 nitrogen and oxygen atoms in total. The standard InChI is InChI=1S/C17H16N2O4S/c1-3-12-18(13-15-10-8-14(2)9-11-15)24(22,23)17-7-5-4-6-16(17)19(20)21/h1,4-11H,12-13H2,2H3. The zero-order valence-electron chi connectivity index (χ0n) is 13.0. The van der Waals surface area contributed by atoms with E-state index in [0.29, 0.717) is 0 Å². The van der Waals surface area contributed by atoms with Crippen LogP contribution >= 0.6 is 0 Å². The average molecular weight is 344 g/mol. The normalized spacial score (nSPS) is 11.2. The minimum absolute atomic E-state index is 0.0405. The van der Waals surface area contributed by atoms with Gasteiger partial charge in [-0.2, -0.15) is 4.31 Å². The van der Waals surface area contributed by atoms with Crippen molar-refractivity contribution in [1.29, 1.82) is 0 Å². The molecule has 0 spiro atoms. The Hall–Kier alpha value is -2.69. The number of terminal acetylenes is 1. The number of aryl methyl sites for hydroxylation is 1. The molecule has 0 aliphatic rings. The fourth-order valence-electron chi connectivity index (χ4n) is 2.19. The first-order valence-electron chi connectivity index (χ1n) is 7.09. The van der Waals surface area contributed by atoms with Crippen molar-refractivity contribution in [3.05, 3.63) is 69.8 Å². The van der Waals surface area contributed by atoms with E-state index < -0.39 is 20.6 Å². The van der Waals surface area contributed by atoms with Crippen LogP contribution in [0.15, 0.2) is 53.4 Å². The molecule has 0 aliphatic carbocycles. The smallest absolute Gasteiger partial charge is 0.258 e. The minimum atomic E-state index is -4.10. The van der Waals surface area contributed by atoms with Crippen LogP contribution in [0.5, 0.6) is 0 Å². The first-order valence-corrected chi connectivity index (χ1v) is 8.53. The van der Waals surface area contributed by atoms with E-state index >= 15 is 0 Å². The molecule has 0 bridgehead atoms. The molecule has 0 saturated carbocycles. The third-order valence-electron chi connectivity index (χ3n) is 3.43.